The van der Waals surface area contributed by atoms with Crippen LogP contribution in [0.5, 0.6) is 0 Å². The van der Waals surface area contributed by atoms with Gasteiger partial charge in [0.2, 0.25) is 0 Å². The van der Waals surface area contributed by atoms with Crippen LogP contribution in [0.2, 0.25) is 0 Å². The maximum Gasteiger partial charge on any atom is 0.307 e. The highest BCUT2D eigenvalue weighted by Crippen LogP contribution is 2.44. The summed E-state index contributed by atoms with van der Waals surface area (Å²) >= 11 is 0. The van der Waals surface area contributed by atoms with E-state index >= 15 is 0 Å². The minimum atomic E-state index is -0.222. The van der Waals surface area contributed by atoms with Crippen molar-refractivity contribution in [2.45, 2.75) is 65.3 Å². The molecular formula is C19H28N2O4. The molecule has 3 rings (SSSR count). The zero-order valence-corrected chi connectivity index (χ0v) is 15.5. The molecule has 6 nitrogen and oxygen atoms in total. The lowest BCUT2D eigenvalue weighted by Crippen LogP contribution is -2.38. The fraction of sp³-hybridized carbons (Fsp3) is 0.737. The third-order valence-electron chi connectivity index (χ3n) is 5.51. The van der Waals surface area contributed by atoms with Gasteiger partial charge in [-0.05, 0) is 44.9 Å². The van der Waals surface area contributed by atoms with Gasteiger partial charge in [0.05, 0.1) is 36.0 Å². The Bertz CT molecular complexity index is 659. The number of aromatic nitrogens is 2. The summed E-state index contributed by atoms with van der Waals surface area (Å²) < 4.78 is 12.5. The highest BCUT2D eigenvalue weighted by Gasteiger charge is 2.43. The number of hydrogen-bond donors (Lipinski definition) is 0. The number of fused-ring (bicyclic) bond motifs is 1. The van der Waals surface area contributed by atoms with E-state index in [9.17, 15) is 9.59 Å². The average molecular weight is 348 g/mol. The lowest BCUT2D eigenvalue weighted by Gasteiger charge is -2.40. The summed E-state index contributed by atoms with van der Waals surface area (Å²) in [4.78, 5) is 24.8. The van der Waals surface area contributed by atoms with Gasteiger partial charge in [-0.3, -0.25) is 14.3 Å². The fourth-order valence-electron chi connectivity index (χ4n) is 4.18. The van der Waals surface area contributed by atoms with Gasteiger partial charge in [-0.25, -0.2) is 0 Å². The summed E-state index contributed by atoms with van der Waals surface area (Å²) in [6, 6.07) is -0.115. The molecule has 2 heterocycles. The Morgan fingerprint density at radius 2 is 2.04 bits per heavy atom. The van der Waals surface area contributed by atoms with Crippen LogP contribution in [0.15, 0.2) is 0 Å². The van der Waals surface area contributed by atoms with Crippen LogP contribution in [0.3, 0.4) is 0 Å². The Kier molecular flexibility index (Phi) is 5.27. The standard InChI is InChI=1S/C19H28N2O4/c1-4-14-18-15(21(20-14)13(3)10-17(23)25-5-2)11-19(12-16(18)22)6-8-24-9-7-19/h13H,4-12H2,1-3H3. The minimum absolute atomic E-state index is 0.00518. The van der Waals surface area contributed by atoms with Crippen LogP contribution in [0.4, 0.5) is 0 Å². The molecule has 0 aromatic carbocycles. The van der Waals surface area contributed by atoms with Gasteiger partial charge in [-0.15, -0.1) is 0 Å². The summed E-state index contributed by atoms with van der Waals surface area (Å²) in [6.07, 6.45) is 4.26. The molecule has 1 aromatic heterocycles. The molecule has 0 amide bonds. The van der Waals surface area contributed by atoms with Crippen molar-refractivity contribution in [2.24, 2.45) is 5.41 Å². The van der Waals surface area contributed by atoms with Crippen molar-refractivity contribution in [3.63, 3.8) is 0 Å². The van der Waals surface area contributed by atoms with Crippen molar-refractivity contribution in [3.05, 3.63) is 17.0 Å². The van der Waals surface area contributed by atoms with Crippen LogP contribution in [0, 0.1) is 5.41 Å². The predicted octanol–water partition coefficient (Wildman–Crippen LogP) is 2.89. The average Bonchev–Trinajstić information content (AvgIpc) is 2.94. The molecule has 25 heavy (non-hydrogen) atoms. The summed E-state index contributed by atoms with van der Waals surface area (Å²) in [7, 11) is 0. The molecule has 1 saturated heterocycles. The number of carbonyl (C=O) groups excluding carboxylic acids is 2. The fourth-order valence-corrected chi connectivity index (χ4v) is 4.18. The lowest BCUT2D eigenvalue weighted by molar-refractivity contribution is -0.144. The second-order valence-corrected chi connectivity index (χ2v) is 7.31. The molecule has 1 aliphatic heterocycles. The first-order valence-corrected chi connectivity index (χ1v) is 9.36. The number of aryl methyl sites for hydroxylation is 1. The summed E-state index contributed by atoms with van der Waals surface area (Å²) in [5.74, 6) is -0.0187. The van der Waals surface area contributed by atoms with Crippen LogP contribution in [0.1, 0.15) is 74.2 Å². The van der Waals surface area contributed by atoms with Crippen molar-refractivity contribution in [3.8, 4) is 0 Å². The van der Waals surface area contributed by atoms with Crippen LogP contribution in [-0.4, -0.2) is 41.4 Å². The number of ether oxygens (including phenoxy) is 2. The Morgan fingerprint density at radius 3 is 2.68 bits per heavy atom. The Balaban J connectivity index is 1.93. The molecule has 1 aliphatic carbocycles. The van der Waals surface area contributed by atoms with E-state index in [4.69, 9.17) is 14.6 Å². The number of Topliss-reactive ketones (excluding diaryl/α,β-unsaturated/α-hetero) is 1. The van der Waals surface area contributed by atoms with E-state index in [-0.39, 0.29) is 29.6 Å². The molecule has 0 radical (unpaired) electrons. The molecule has 0 saturated carbocycles. The Labute approximate surface area is 148 Å². The van der Waals surface area contributed by atoms with E-state index in [2.05, 4.69) is 0 Å². The zero-order chi connectivity index (χ0) is 18.0. The molecule has 6 heteroatoms. The smallest absolute Gasteiger partial charge is 0.307 e. The molecular weight excluding hydrogens is 320 g/mol. The van der Waals surface area contributed by atoms with Gasteiger partial charge in [0.15, 0.2) is 5.78 Å². The lowest BCUT2D eigenvalue weighted by atomic mass is 9.68. The van der Waals surface area contributed by atoms with Crippen molar-refractivity contribution in [2.75, 3.05) is 19.8 Å². The van der Waals surface area contributed by atoms with Crippen molar-refractivity contribution in [1.29, 1.82) is 0 Å². The molecule has 1 unspecified atom stereocenters. The molecule has 138 valence electrons. The number of hydrogen-bond acceptors (Lipinski definition) is 5. The van der Waals surface area contributed by atoms with E-state index in [1.54, 1.807) is 6.92 Å². The largest absolute Gasteiger partial charge is 0.466 e. The quantitative estimate of drug-likeness (QED) is 0.765. The van der Waals surface area contributed by atoms with Gasteiger partial charge in [-0.2, -0.15) is 5.10 Å². The second-order valence-electron chi connectivity index (χ2n) is 7.31. The Hall–Kier alpha value is -1.69. The molecule has 2 aliphatic rings. The van der Waals surface area contributed by atoms with Gasteiger partial charge in [0.25, 0.3) is 0 Å². The first-order valence-electron chi connectivity index (χ1n) is 9.36. The monoisotopic (exact) mass is 348 g/mol. The molecule has 0 N–H and O–H groups in total. The SMILES string of the molecule is CCOC(=O)CC(C)n1nc(CC)c2c1CC1(CCOCC1)CC2=O. The number of nitrogens with zero attached hydrogens (tertiary/aromatic N) is 2. The predicted molar refractivity (Wildman–Crippen MR) is 92.7 cm³/mol. The van der Waals surface area contributed by atoms with Crippen LogP contribution in [-0.2, 0) is 27.1 Å². The highest BCUT2D eigenvalue weighted by atomic mass is 16.5. The van der Waals surface area contributed by atoms with Gasteiger partial charge < -0.3 is 9.47 Å². The van der Waals surface area contributed by atoms with E-state index in [0.29, 0.717) is 13.0 Å². The van der Waals surface area contributed by atoms with Crippen molar-refractivity contribution >= 4 is 11.8 Å². The van der Waals surface area contributed by atoms with Crippen molar-refractivity contribution in [1.82, 2.24) is 9.78 Å². The summed E-state index contributed by atoms with van der Waals surface area (Å²) in [5, 5.41) is 4.71. The maximum atomic E-state index is 12.9. The number of ketones is 1. The topological polar surface area (TPSA) is 70.4 Å². The molecule has 1 aromatic rings. The molecule has 1 fully saturated rings. The van der Waals surface area contributed by atoms with Gasteiger partial charge >= 0.3 is 5.97 Å². The van der Waals surface area contributed by atoms with Gasteiger partial charge in [0.1, 0.15) is 0 Å². The number of rotatable bonds is 5. The normalized spacial score (nSPS) is 20.4. The molecule has 1 atom stereocenters. The Morgan fingerprint density at radius 1 is 1.32 bits per heavy atom. The minimum Gasteiger partial charge on any atom is -0.466 e. The van der Waals surface area contributed by atoms with Crippen LogP contribution in [0.25, 0.3) is 0 Å². The van der Waals surface area contributed by atoms with E-state index in [1.807, 2.05) is 18.5 Å². The van der Waals surface area contributed by atoms with Crippen molar-refractivity contribution < 1.29 is 19.1 Å². The van der Waals surface area contributed by atoms with E-state index < -0.39 is 0 Å². The number of esters is 1. The third-order valence-corrected chi connectivity index (χ3v) is 5.51. The van der Waals surface area contributed by atoms with E-state index in [1.165, 1.54) is 0 Å². The zero-order valence-electron chi connectivity index (χ0n) is 15.5. The van der Waals surface area contributed by atoms with Crippen LogP contribution >= 0.6 is 0 Å². The van der Waals surface area contributed by atoms with Crippen LogP contribution < -0.4 is 0 Å². The number of carbonyl (C=O) groups is 2. The summed E-state index contributed by atoms with van der Waals surface area (Å²) in [5.41, 5.74) is 2.66. The molecule has 0 bridgehead atoms. The van der Waals surface area contributed by atoms with E-state index in [0.717, 1.165) is 55.8 Å². The van der Waals surface area contributed by atoms with Gasteiger partial charge in [0, 0.05) is 19.6 Å². The highest BCUT2D eigenvalue weighted by molar-refractivity contribution is 6.00. The molecule has 1 spiro atoms. The maximum absolute atomic E-state index is 12.9. The second kappa shape index (κ2) is 7.28. The first-order chi connectivity index (χ1) is 12.0. The first kappa shape index (κ1) is 18.1. The van der Waals surface area contributed by atoms with Gasteiger partial charge in [-0.1, -0.05) is 6.92 Å². The summed E-state index contributed by atoms with van der Waals surface area (Å²) in [6.45, 7) is 7.62. The third kappa shape index (κ3) is 3.50.